The van der Waals surface area contributed by atoms with Gasteiger partial charge in [-0.15, -0.1) is 11.3 Å². The van der Waals surface area contributed by atoms with Gasteiger partial charge in [0.05, 0.1) is 27.6 Å². The molecule has 0 radical (unpaired) electrons. The van der Waals surface area contributed by atoms with Crippen LogP contribution in [0.1, 0.15) is 42.4 Å². The predicted molar refractivity (Wildman–Crippen MR) is 119 cm³/mol. The molecule has 32 heavy (non-hydrogen) atoms. The topological polar surface area (TPSA) is 118 Å². The van der Waals surface area contributed by atoms with E-state index in [9.17, 15) is 13.2 Å². The van der Waals surface area contributed by atoms with Gasteiger partial charge in [-0.2, -0.15) is 9.29 Å². The van der Waals surface area contributed by atoms with Crippen LogP contribution in [0.15, 0.2) is 40.0 Å². The molecule has 3 aromatic rings. The van der Waals surface area contributed by atoms with E-state index in [0.29, 0.717) is 52.5 Å². The van der Waals surface area contributed by atoms with Gasteiger partial charge in [0.15, 0.2) is 0 Å². The summed E-state index contributed by atoms with van der Waals surface area (Å²) in [5.74, 6) is 0.766. The molecule has 1 N–H and O–H groups in total. The van der Waals surface area contributed by atoms with E-state index < -0.39 is 15.9 Å². The highest BCUT2D eigenvalue weighted by molar-refractivity contribution is 7.89. The molecule has 11 heteroatoms. The molecule has 5 rings (SSSR count). The van der Waals surface area contributed by atoms with Crippen molar-refractivity contribution in [2.75, 3.05) is 18.4 Å². The van der Waals surface area contributed by atoms with E-state index in [2.05, 4.69) is 20.4 Å². The van der Waals surface area contributed by atoms with Crippen molar-refractivity contribution < 1.29 is 17.7 Å². The number of nitrogens with zero attached hydrogens (tertiary/aromatic N) is 4. The van der Waals surface area contributed by atoms with Crippen LogP contribution in [-0.2, 0) is 14.8 Å². The maximum absolute atomic E-state index is 13.4. The Labute approximate surface area is 189 Å². The van der Waals surface area contributed by atoms with Crippen molar-refractivity contribution in [3.63, 3.8) is 0 Å². The smallest absolute Gasteiger partial charge is 0.244 e. The standard InChI is InChI=1S/C21H23N5O4S2/c1-13-18(10-17(31-13)19-24-21(30-25-19)14-6-7-14)32(28,29)26-9-3-4-15(12-26)20(27)23-16-5-2-8-22-11-16/h2,5,8,10-11,14-15H,3-4,6-7,9,12H2,1H3,(H,23,27). The van der Waals surface area contributed by atoms with Crippen molar-refractivity contribution >= 4 is 33.0 Å². The third-order valence-electron chi connectivity index (χ3n) is 5.76. The van der Waals surface area contributed by atoms with Gasteiger partial charge in [-0.3, -0.25) is 9.78 Å². The number of hydrogen-bond donors (Lipinski definition) is 1. The van der Waals surface area contributed by atoms with Gasteiger partial charge in [-0.1, -0.05) is 5.16 Å². The highest BCUT2D eigenvalue weighted by atomic mass is 32.2. The summed E-state index contributed by atoms with van der Waals surface area (Å²) in [4.78, 5) is 22.7. The Morgan fingerprint density at radius 2 is 2.16 bits per heavy atom. The molecule has 168 valence electrons. The van der Waals surface area contributed by atoms with Crippen LogP contribution in [0, 0.1) is 12.8 Å². The summed E-state index contributed by atoms with van der Waals surface area (Å²) in [5.41, 5.74) is 0.599. The lowest BCUT2D eigenvalue weighted by Gasteiger charge is -2.31. The van der Waals surface area contributed by atoms with Gasteiger partial charge in [0, 0.05) is 30.1 Å². The Morgan fingerprint density at radius 3 is 2.91 bits per heavy atom. The molecule has 1 aliphatic carbocycles. The van der Waals surface area contributed by atoms with Crippen LogP contribution in [0.25, 0.3) is 10.7 Å². The Kier molecular flexibility index (Phi) is 5.56. The number of pyridine rings is 1. The van der Waals surface area contributed by atoms with Crippen LogP contribution in [-0.4, -0.2) is 46.8 Å². The molecule has 1 unspecified atom stereocenters. The number of rotatable bonds is 6. The number of anilines is 1. The molecule has 4 heterocycles. The first-order valence-corrected chi connectivity index (χ1v) is 12.8. The van der Waals surface area contributed by atoms with E-state index in [-0.39, 0.29) is 17.3 Å². The highest BCUT2D eigenvalue weighted by Crippen LogP contribution is 2.41. The number of amides is 1. The fourth-order valence-corrected chi connectivity index (χ4v) is 6.87. The fraction of sp³-hybridized carbons (Fsp3) is 0.429. The van der Waals surface area contributed by atoms with Gasteiger partial charge in [0.25, 0.3) is 0 Å². The number of aryl methyl sites for hydroxylation is 1. The van der Waals surface area contributed by atoms with E-state index in [0.717, 1.165) is 12.8 Å². The minimum Gasteiger partial charge on any atom is -0.339 e. The van der Waals surface area contributed by atoms with Crippen LogP contribution in [0.2, 0.25) is 0 Å². The molecule has 1 saturated carbocycles. The van der Waals surface area contributed by atoms with Crippen LogP contribution in [0.5, 0.6) is 0 Å². The van der Waals surface area contributed by atoms with E-state index >= 15 is 0 Å². The lowest BCUT2D eigenvalue weighted by molar-refractivity contribution is -0.120. The first kappa shape index (κ1) is 21.2. The van der Waals surface area contributed by atoms with Crippen molar-refractivity contribution in [3.8, 4) is 10.7 Å². The van der Waals surface area contributed by atoms with Crippen molar-refractivity contribution in [3.05, 3.63) is 41.4 Å². The zero-order valence-electron chi connectivity index (χ0n) is 17.5. The average molecular weight is 474 g/mol. The Balaban J connectivity index is 1.33. The maximum Gasteiger partial charge on any atom is 0.244 e. The van der Waals surface area contributed by atoms with Crippen molar-refractivity contribution in [2.24, 2.45) is 5.92 Å². The molecule has 0 bridgehead atoms. The molecule has 0 aromatic carbocycles. The van der Waals surface area contributed by atoms with Gasteiger partial charge in [-0.25, -0.2) is 8.42 Å². The van der Waals surface area contributed by atoms with Crippen molar-refractivity contribution in [2.45, 2.75) is 43.4 Å². The van der Waals surface area contributed by atoms with E-state index in [4.69, 9.17) is 4.52 Å². The molecule has 2 fully saturated rings. The number of aromatic nitrogens is 3. The first-order valence-electron chi connectivity index (χ1n) is 10.6. The van der Waals surface area contributed by atoms with Gasteiger partial charge in [-0.05, 0) is 50.8 Å². The zero-order chi connectivity index (χ0) is 22.3. The average Bonchev–Trinajstić information content (AvgIpc) is 3.39. The van der Waals surface area contributed by atoms with E-state index in [1.165, 1.54) is 15.6 Å². The second-order valence-corrected chi connectivity index (χ2v) is 11.4. The van der Waals surface area contributed by atoms with Crippen LogP contribution in [0.4, 0.5) is 5.69 Å². The largest absolute Gasteiger partial charge is 0.339 e. The number of hydrogen-bond acceptors (Lipinski definition) is 8. The van der Waals surface area contributed by atoms with Gasteiger partial charge < -0.3 is 9.84 Å². The summed E-state index contributed by atoms with van der Waals surface area (Å²) in [6.45, 7) is 2.31. The monoisotopic (exact) mass is 473 g/mol. The summed E-state index contributed by atoms with van der Waals surface area (Å²) in [5, 5.41) is 6.86. The van der Waals surface area contributed by atoms with Crippen molar-refractivity contribution in [1.29, 1.82) is 0 Å². The molecule has 9 nitrogen and oxygen atoms in total. The lowest BCUT2D eigenvalue weighted by atomic mass is 9.99. The predicted octanol–water partition coefficient (Wildman–Crippen LogP) is 3.42. The number of thiophene rings is 1. The summed E-state index contributed by atoms with van der Waals surface area (Å²) < 4.78 is 33.6. The minimum absolute atomic E-state index is 0.146. The second kappa shape index (κ2) is 8.38. The normalized spacial score (nSPS) is 19.7. The van der Waals surface area contributed by atoms with Crippen LogP contribution < -0.4 is 5.32 Å². The maximum atomic E-state index is 13.4. The number of piperidine rings is 1. The molecule has 3 aromatic heterocycles. The zero-order valence-corrected chi connectivity index (χ0v) is 19.2. The second-order valence-electron chi connectivity index (χ2n) is 8.19. The molecule has 0 spiro atoms. The van der Waals surface area contributed by atoms with E-state index in [1.54, 1.807) is 37.5 Å². The SMILES string of the molecule is Cc1sc(-c2noc(C3CC3)n2)cc1S(=O)(=O)N1CCCC(C(=O)Nc2cccnc2)C1. The molecule has 2 aliphatic rings. The van der Waals surface area contributed by atoms with Gasteiger partial charge in [0.1, 0.15) is 0 Å². The quantitative estimate of drug-likeness (QED) is 0.583. The van der Waals surface area contributed by atoms with Crippen LogP contribution in [0.3, 0.4) is 0 Å². The summed E-state index contributed by atoms with van der Waals surface area (Å²) >= 11 is 1.34. The summed E-state index contributed by atoms with van der Waals surface area (Å²) in [6, 6.07) is 5.11. The highest BCUT2D eigenvalue weighted by Gasteiger charge is 2.35. The Bertz CT molecular complexity index is 1230. The molecular formula is C21H23N5O4S2. The molecular weight excluding hydrogens is 450 g/mol. The Morgan fingerprint density at radius 1 is 1.31 bits per heavy atom. The van der Waals surface area contributed by atoms with Crippen molar-refractivity contribution in [1.82, 2.24) is 19.4 Å². The number of sulfonamides is 1. The number of nitrogens with one attached hydrogen (secondary N) is 1. The molecule has 1 saturated heterocycles. The lowest BCUT2D eigenvalue weighted by Crippen LogP contribution is -2.43. The molecule has 1 amide bonds. The van der Waals surface area contributed by atoms with Gasteiger partial charge in [0.2, 0.25) is 27.6 Å². The minimum atomic E-state index is -3.75. The fourth-order valence-electron chi connectivity index (χ4n) is 3.86. The summed E-state index contributed by atoms with van der Waals surface area (Å²) in [7, 11) is -3.75. The van der Waals surface area contributed by atoms with Gasteiger partial charge >= 0.3 is 0 Å². The summed E-state index contributed by atoms with van der Waals surface area (Å²) in [6.07, 6.45) is 6.56. The number of carbonyl (C=O) groups is 1. The third kappa shape index (κ3) is 4.19. The molecule has 1 aliphatic heterocycles. The first-order chi connectivity index (χ1) is 15.4. The third-order valence-corrected chi connectivity index (χ3v) is 8.93. The van der Waals surface area contributed by atoms with E-state index in [1.807, 2.05) is 0 Å². The number of carbonyl (C=O) groups excluding carboxylic acids is 1. The molecule has 1 atom stereocenters. The van der Waals surface area contributed by atoms with Crippen LogP contribution >= 0.6 is 11.3 Å². The Hall–Kier alpha value is -2.63.